The van der Waals surface area contributed by atoms with E-state index in [-0.39, 0.29) is 0 Å². The van der Waals surface area contributed by atoms with Crippen LogP contribution in [0.2, 0.25) is 0 Å². The first-order chi connectivity index (χ1) is 10.8. The SMILES string of the molecule is CC1CCNCCC1(Cc1ccccc1)Cc1ccccc1. The summed E-state index contributed by atoms with van der Waals surface area (Å²) >= 11 is 0. The standard InChI is InChI=1S/C21H27N/c1-18-12-14-22-15-13-21(18,16-19-8-4-2-5-9-19)17-20-10-6-3-7-11-20/h2-11,18,22H,12-17H2,1H3. The second-order valence-electron chi connectivity index (χ2n) is 6.88. The highest BCUT2D eigenvalue weighted by atomic mass is 14.9. The largest absolute Gasteiger partial charge is 0.317 e. The maximum Gasteiger partial charge on any atom is -0.00433 e. The van der Waals surface area contributed by atoms with Crippen LogP contribution in [0, 0.1) is 11.3 Å². The van der Waals surface area contributed by atoms with Crippen molar-refractivity contribution in [3.05, 3.63) is 71.8 Å². The minimum absolute atomic E-state index is 0.367. The van der Waals surface area contributed by atoms with Crippen LogP contribution >= 0.6 is 0 Å². The van der Waals surface area contributed by atoms with Crippen molar-refractivity contribution in [2.75, 3.05) is 13.1 Å². The average molecular weight is 293 g/mol. The van der Waals surface area contributed by atoms with Crippen LogP contribution in [0.4, 0.5) is 0 Å². The zero-order chi connectivity index (χ0) is 15.3. The van der Waals surface area contributed by atoms with E-state index in [1.165, 1.54) is 36.8 Å². The van der Waals surface area contributed by atoms with Crippen molar-refractivity contribution in [3.8, 4) is 0 Å². The molecule has 0 saturated carbocycles. The summed E-state index contributed by atoms with van der Waals surface area (Å²) in [6, 6.07) is 22.1. The van der Waals surface area contributed by atoms with Crippen molar-refractivity contribution in [3.63, 3.8) is 0 Å². The van der Waals surface area contributed by atoms with E-state index in [9.17, 15) is 0 Å². The number of hydrogen-bond donors (Lipinski definition) is 1. The smallest absolute Gasteiger partial charge is 0.00433 e. The summed E-state index contributed by atoms with van der Waals surface area (Å²) in [4.78, 5) is 0. The highest BCUT2D eigenvalue weighted by molar-refractivity contribution is 5.21. The van der Waals surface area contributed by atoms with Crippen LogP contribution in [-0.4, -0.2) is 13.1 Å². The van der Waals surface area contributed by atoms with Crippen molar-refractivity contribution in [1.82, 2.24) is 5.32 Å². The summed E-state index contributed by atoms with van der Waals surface area (Å²) in [5, 5.41) is 3.60. The number of rotatable bonds is 4. The van der Waals surface area contributed by atoms with Gasteiger partial charge in [-0.15, -0.1) is 0 Å². The number of benzene rings is 2. The third-order valence-corrected chi connectivity index (χ3v) is 5.40. The molecule has 0 aliphatic carbocycles. The normalized spacial score (nSPS) is 21.2. The molecule has 2 aromatic rings. The lowest BCUT2D eigenvalue weighted by molar-refractivity contribution is 0.162. The Morgan fingerprint density at radius 3 is 1.95 bits per heavy atom. The van der Waals surface area contributed by atoms with Crippen LogP contribution < -0.4 is 5.32 Å². The maximum atomic E-state index is 3.60. The Balaban J connectivity index is 1.90. The first-order valence-electron chi connectivity index (χ1n) is 8.57. The molecule has 1 atom stereocenters. The van der Waals surface area contributed by atoms with Crippen molar-refractivity contribution in [1.29, 1.82) is 0 Å². The predicted molar refractivity (Wildman–Crippen MR) is 94.0 cm³/mol. The van der Waals surface area contributed by atoms with Crippen LogP contribution in [0.25, 0.3) is 0 Å². The van der Waals surface area contributed by atoms with E-state index in [0.717, 1.165) is 19.0 Å². The minimum atomic E-state index is 0.367. The Morgan fingerprint density at radius 1 is 0.864 bits per heavy atom. The van der Waals surface area contributed by atoms with E-state index >= 15 is 0 Å². The average Bonchev–Trinajstić information content (AvgIpc) is 2.72. The maximum absolute atomic E-state index is 3.60. The van der Waals surface area contributed by atoms with E-state index in [4.69, 9.17) is 0 Å². The fourth-order valence-corrected chi connectivity index (χ4v) is 3.93. The lowest BCUT2D eigenvalue weighted by atomic mass is 9.65. The van der Waals surface area contributed by atoms with Crippen LogP contribution in [0.15, 0.2) is 60.7 Å². The van der Waals surface area contributed by atoms with Gasteiger partial charge in [-0.05, 0) is 61.2 Å². The summed E-state index contributed by atoms with van der Waals surface area (Å²) in [7, 11) is 0. The summed E-state index contributed by atoms with van der Waals surface area (Å²) in [5.41, 5.74) is 3.33. The molecule has 1 saturated heterocycles. The van der Waals surface area contributed by atoms with Gasteiger partial charge in [0.1, 0.15) is 0 Å². The highest BCUT2D eigenvalue weighted by Gasteiger charge is 2.37. The molecule has 1 aliphatic rings. The molecule has 0 spiro atoms. The fourth-order valence-electron chi connectivity index (χ4n) is 3.93. The van der Waals surface area contributed by atoms with Crippen LogP contribution in [0.1, 0.15) is 30.9 Å². The van der Waals surface area contributed by atoms with Gasteiger partial charge in [-0.3, -0.25) is 0 Å². The van der Waals surface area contributed by atoms with Gasteiger partial charge in [-0.1, -0.05) is 67.6 Å². The summed E-state index contributed by atoms with van der Waals surface area (Å²) in [6.45, 7) is 4.76. The molecule has 1 N–H and O–H groups in total. The molecule has 1 heteroatoms. The molecule has 22 heavy (non-hydrogen) atoms. The highest BCUT2D eigenvalue weighted by Crippen LogP contribution is 2.41. The monoisotopic (exact) mass is 293 g/mol. The molecule has 1 heterocycles. The molecule has 2 aromatic carbocycles. The topological polar surface area (TPSA) is 12.0 Å². The van der Waals surface area contributed by atoms with Crippen LogP contribution in [-0.2, 0) is 12.8 Å². The van der Waals surface area contributed by atoms with Gasteiger partial charge in [0.05, 0.1) is 0 Å². The zero-order valence-corrected chi connectivity index (χ0v) is 13.6. The second kappa shape index (κ2) is 7.11. The molecular formula is C21H27N. The molecule has 0 amide bonds. The lowest BCUT2D eigenvalue weighted by Crippen LogP contribution is -2.34. The Morgan fingerprint density at radius 2 is 1.41 bits per heavy atom. The Bertz CT molecular complexity index is 519. The summed E-state index contributed by atoms with van der Waals surface area (Å²) in [6.07, 6.45) is 4.91. The van der Waals surface area contributed by atoms with Gasteiger partial charge in [0.25, 0.3) is 0 Å². The first kappa shape index (κ1) is 15.3. The molecule has 1 nitrogen and oxygen atoms in total. The van der Waals surface area contributed by atoms with E-state index in [0.29, 0.717) is 5.41 Å². The molecule has 0 aromatic heterocycles. The summed E-state index contributed by atoms with van der Waals surface area (Å²) < 4.78 is 0. The molecule has 116 valence electrons. The van der Waals surface area contributed by atoms with E-state index in [1.54, 1.807) is 0 Å². The lowest BCUT2D eigenvalue weighted by Gasteiger charge is -2.39. The van der Waals surface area contributed by atoms with Crippen LogP contribution in [0.5, 0.6) is 0 Å². The van der Waals surface area contributed by atoms with Crippen molar-refractivity contribution < 1.29 is 0 Å². The Hall–Kier alpha value is -1.60. The summed E-state index contributed by atoms with van der Waals surface area (Å²) in [5.74, 6) is 0.739. The number of nitrogens with one attached hydrogen (secondary N) is 1. The molecule has 1 aliphatic heterocycles. The zero-order valence-electron chi connectivity index (χ0n) is 13.6. The molecular weight excluding hydrogens is 266 g/mol. The predicted octanol–water partition coefficient (Wildman–Crippen LogP) is 4.48. The molecule has 1 unspecified atom stereocenters. The third kappa shape index (κ3) is 3.59. The van der Waals surface area contributed by atoms with Crippen LogP contribution in [0.3, 0.4) is 0 Å². The van der Waals surface area contributed by atoms with E-state index in [1.807, 2.05) is 0 Å². The van der Waals surface area contributed by atoms with Gasteiger partial charge in [0.15, 0.2) is 0 Å². The van der Waals surface area contributed by atoms with Gasteiger partial charge >= 0.3 is 0 Å². The Labute approximate surface area is 134 Å². The first-order valence-corrected chi connectivity index (χ1v) is 8.57. The number of hydrogen-bond acceptors (Lipinski definition) is 1. The third-order valence-electron chi connectivity index (χ3n) is 5.40. The van der Waals surface area contributed by atoms with Gasteiger partial charge < -0.3 is 5.32 Å². The van der Waals surface area contributed by atoms with E-state index < -0.39 is 0 Å². The molecule has 3 rings (SSSR count). The van der Waals surface area contributed by atoms with Gasteiger partial charge in [-0.2, -0.15) is 0 Å². The molecule has 0 bridgehead atoms. The fraction of sp³-hybridized carbons (Fsp3) is 0.429. The quantitative estimate of drug-likeness (QED) is 0.876. The minimum Gasteiger partial charge on any atom is -0.317 e. The molecule has 1 fully saturated rings. The van der Waals surface area contributed by atoms with Crippen molar-refractivity contribution in [2.45, 2.75) is 32.6 Å². The Kier molecular flexibility index (Phi) is 4.94. The van der Waals surface area contributed by atoms with Gasteiger partial charge in [-0.25, -0.2) is 0 Å². The van der Waals surface area contributed by atoms with Gasteiger partial charge in [0.2, 0.25) is 0 Å². The van der Waals surface area contributed by atoms with Crippen molar-refractivity contribution in [2.24, 2.45) is 11.3 Å². The molecule has 0 radical (unpaired) electrons. The van der Waals surface area contributed by atoms with E-state index in [2.05, 4.69) is 72.9 Å². The second-order valence-corrected chi connectivity index (χ2v) is 6.88. The van der Waals surface area contributed by atoms with Gasteiger partial charge in [0, 0.05) is 0 Å². The van der Waals surface area contributed by atoms with Crippen molar-refractivity contribution >= 4 is 0 Å².